The maximum Gasteiger partial charge on any atom is 0.0959 e. The summed E-state index contributed by atoms with van der Waals surface area (Å²) in [6, 6.07) is 14.8. The van der Waals surface area contributed by atoms with Gasteiger partial charge in [0, 0.05) is 10.0 Å². The van der Waals surface area contributed by atoms with E-state index in [9.17, 15) is 0 Å². The largest absolute Gasteiger partial charge is 0.272 e. The van der Waals surface area contributed by atoms with Crippen LogP contribution in [0.5, 0.6) is 0 Å². The first-order chi connectivity index (χ1) is 9.24. The van der Waals surface area contributed by atoms with Crippen LogP contribution in [0.2, 0.25) is 10.0 Å². The van der Waals surface area contributed by atoms with Gasteiger partial charge in [0.1, 0.15) is 0 Å². The van der Waals surface area contributed by atoms with E-state index in [1.54, 1.807) is 0 Å². The normalized spacial score (nSPS) is 10.6. The number of benzene rings is 2. The van der Waals surface area contributed by atoms with Gasteiger partial charge in [0.05, 0.1) is 13.2 Å². The molecule has 1 N–H and O–H groups in total. The monoisotopic (exact) mass is 297 g/mol. The third kappa shape index (κ3) is 5.19. The zero-order valence-corrected chi connectivity index (χ0v) is 11.6. The molecule has 5 heteroatoms. The molecule has 0 bridgehead atoms. The molecular formula is C14H13Cl2NO2. The predicted octanol–water partition coefficient (Wildman–Crippen LogP) is 4.15. The van der Waals surface area contributed by atoms with E-state index in [-0.39, 0.29) is 0 Å². The topological polar surface area (TPSA) is 30.5 Å². The van der Waals surface area contributed by atoms with Crippen molar-refractivity contribution in [3.8, 4) is 0 Å². The molecule has 0 spiro atoms. The van der Waals surface area contributed by atoms with Crippen LogP contribution in [-0.4, -0.2) is 0 Å². The Hall–Kier alpha value is -1.10. The van der Waals surface area contributed by atoms with Gasteiger partial charge in [-0.2, -0.15) is 0 Å². The molecule has 19 heavy (non-hydrogen) atoms. The molecule has 0 aromatic heterocycles. The first kappa shape index (κ1) is 14.3. The minimum atomic E-state index is 0.401. The predicted molar refractivity (Wildman–Crippen MR) is 75.6 cm³/mol. The second-order valence-corrected chi connectivity index (χ2v) is 4.79. The Bertz CT molecular complexity index is 452. The number of nitrogens with one attached hydrogen (secondary N) is 1. The minimum absolute atomic E-state index is 0.401. The van der Waals surface area contributed by atoms with Crippen molar-refractivity contribution in [2.75, 3.05) is 0 Å². The van der Waals surface area contributed by atoms with Gasteiger partial charge in [-0.05, 0) is 35.4 Å². The lowest BCUT2D eigenvalue weighted by Gasteiger charge is -2.06. The third-order valence-corrected chi connectivity index (χ3v) is 2.93. The maximum atomic E-state index is 5.78. The summed E-state index contributed by atoms with van der Waals surface area (Å²) in [6.07, 6.45) is 0. The van der Waals surface area contributed by atoms with Gasteiger partial charge in [0.2, 0.25) is 0 Å². The zero-order valence-electron chi connectivity index (χ0n) is 10.1. The first-order valence-corrected chi connectivity index (χ1v) is 6.47. The molecule has 2 aromatic rings. The minimum Gasteiger partial charge on any atom is -0.272 e. The van der Waals surface area contributed by atoms with Crippen LogP contribution in [0.25, 0.3) is 0 Å². The smallest absolute Gasteiger partial charge is 0.0959 e. The number of halogens is 2. The van der Waals surface area contributed by atoms with Gasteiger partial charge in [-0.25, -0.2) is 0 Å². The molecule has 0 aliphatic carbocycles. The fourth-order valence-electron chi connectivity index (χ4n) is 1.43. The summed E-state index contributed by atoms with van der Waals surface area (Å²) >= 11 is 11.6. The highest BCUT2D eigenvalue weighted by atomic mass is 35.5. The van der Waals surface area contributed by atoms with Crippen LogP contribution < -0.4 is 5.64 Å². The highest BCUT2D eigenvalue weighted by molar-refractivity contribution is 6.30. The molecule has 100 valence electrons. The van der Waals surface area contributed by atoms with E-state index in [1.807, 2.05) is 48.5 Å². The molecule has 0 radical (unpaired) electrons. The Morgan fingerprint density at radius 2 is 1.05 bits per heavy atom. The first-order valence-electron chi connectivity index (χ1n) is 5.71. The van der Waals surface area contributed by atoms with Gasteiger partial charge < -0.3 is 0 Å². The molecule has 0 amide bonds. The second kappa shape index (κ2) is 7.48. The van der Waals surface area contributed by atoms with E-state index in [4.69, 9.17) is 32.9 Å². The summed E-state index contributed by atoms with van der Waals surface area (Å²) in [5.74, 6) is 0. The van der Waals surface area contributed by atoms with Crippen molar-refractivity contribution >= 4 is 23.2 Å². The quantitative estimate of drug-likeness (QED) is 0.642. The second-order valence-electron chi connectivity index (χ2n) is 3.91. The lowest BCUT2D eigenvalue weighted by molar-refractivity contribution is -0.184. The molecule has 2 aromatic carbocycles. The van der Waals surface area contributed by atoms with Crippen LogP contribution in [0.4, 0.5) is 0 Å². The number of rotatable bonds is 6. The Balaban J connectivity index is 1.64. The molecule has 0 atom stereocenters. The van der Waals surface area contributed by atoms with Crippen LogP contribution >= 0.6 is 23.2 Å². The van der Waals surface area contributed by atoms with Gasteiger partial charge in [0.15, 0.2) is 0 Å². The third-order valence-electron chi connectivity index (χ3n) is 2.42. The van der Waals surface area contributed by atoms with Gasteiger partial charge >= 0.3 is 0 Å². The van der Waals surface area contributed by atoms with Crippen molar-refractivity contribution < 1.29 is 9.68 Å². The highest BCUT2D eigenvalue weighted by Gasteiger charge is 1.95. The Kier molecular flexibility index (Phi) is 5.63. The summed E-state index contributed by atoms with van der Waals surface area (Å²) in [7, 11) is 0. The van der Waals surface area contributed by atoms with E-state index in [1.165, 1.54) is 0 Å². The summed E-state index contributed by atoms with van der Waals surface area (Å²) < 4.78 is 0. The lowest BCUT2D eigenvalue weighted by atomic mass is 10.2. The zero-order chi connectivity index (χ0) is 13.5. The van der Waals surface area contributed by atoms with Crippen molar-refractivity contribution in [3.05, 3.63) is 69.7 Å². The van der Waals surface area contributed by atoms with Gasteiger partial charge in [0.25, 0.3) is 0 Å². The fraction of sp³-hybridized carbons (Fsp3) is 0.143. The molecule has 0 unspecified atom stereocenters. The van der Waals surface area contributed by atoms with E-state index in [2.05, 4.69) is 5.64 Å². The molecule has 3 nitrogen and oxygen atoms in total. The summed E-state index contributed by atoms with van der Waals surface area (Å²) in [5, 5.41) is 1.41. The number of hydrogen-bond acceptors (Lipinski definition) is 3. The summed E-state index contributed by atoms with van der Waals surface area (Å²) in [5.41, 5.74) is 4.46. The molecule has 0 saturated heterocycles. The Morgan fingerprint density at radius 1 is 0.684 bits per heavy atom. The van der Waals surface area contributed by atoms with Crippen LogP contribution in [0, 0.1) is 0 Å². The molecular weight excluding hydrogens is 285 g/mol. The molecule has 0 heterocycles. The fourth-order valence-corrected chi connectivity index (χ4v) is 1.68. The standard InChI is InChI=1S/C14H13Cl2NO2/c15-13-5-1-11(2-6-13)9-18-17-19-10-12-3-7-14(16)8-4-12/h1-8,17H,9-10H2. The van der Waals surface area contributed by atoms with Gasteiger partial charge in [-0.1, -0.05) is 53.1 Å². The number of hydrogen-bond donors (Lipinski definition) is 1. The molecule has 0 aliphatic heterocycles. The highest BCUT2D eigenvalue weighted by Crippen LogP contribution is 2.11. The summed E-state index contributed by atoms with van der Waals surface area (Å²) in [4.78, 5) is 10.3. The molecule has 0 aliphatic rings. The van der Waals surface area contributed by atoms with E-state index in [0.29, 0.717) is 23.3 Å². The maximum absolute atomic E-state index is 5.78. The van der Waals surface area contributed by atoms with E-state index < -0.39 is 0 Å². The van der Waals surface area contributed by atoms with Gasteiger partial charge in [-0.3, -0.25) is 9.68 Å². The average Bonchev–Trinajstić information content (AvgIpc) is 2.43. The lowest BCUT2D eigenvalue weighted by Crippen LogP contribution is -2.14. The molecule has 0 saturated carbocycles. The molecule has 0 fully saturated rings. The van der Waals surface area contributed by atoms with Crippen LogP contribution in [-0.2, 0) is 22.9 Å². The van der Waals surface area contributed by atoms with Crippen LogP contribution in [0.15, 0.2) is 48.5 Å². The van der Waals surface area contributed by atoms with Crippen molar-refractivity contribution in [1.82, 2.24) is 5.64 Å². The van der Waals surface area contributed by atoms with Crippen molar-refractivity contribution in [3.63, 3.8) is 0 Å². The van der Waals surface area contributed by atoms with Crippen LogP contribution in [0.3, 0.4) is 0 Å². The van der Waals surface area contributed by atoms with Crippen molar-refractivity contribution in [2.45, 2.75) is 13.2 Å². The van der Waals surface area contributed by atoms with E-state index >= 15 is 0 Å². The average molecular weight is 298 g/mol. The SMILES string of the molecule is Clc1ccc(CONOCc2ccc(Cl)cc2)cc1. The van der Waals surface area contributed by atoms with Gasteiger partial charge in [-0.15, -0.1) is 0 Å². The van der Waals surface area contributed by atoms with Crippen molar-refractivity contribution in [1.29, 1.82) is 0 Å². The Labute approximate surface area is 122 Å². The van der Waals surface area contributed by atoms with Crippen LogP contribution in [0.1, 0.15) is 11.1 Å². The Morgan fingerprint density at radius 3 is 1.42 bits per heavy atom. The van der Waals surface area contributed by atoms with E-state index in [0.717, 1.165) is 11.1 Å². The summed E-state index contributed by atoms with van der Waals surface area (Å²) in [6.45, 7) is 0.801. The molecule has 2 rings (SSSR count). The van der Waals surface area contributed by atoms with Crippen molar-refractivity contribution in [2.24, 2.45) is 0 Å².